The van der Waals surface area contributed by atoms with Gasteiger partial charge in [-0.2, -0.15) is 0 Å². The molecule has 0 saturated carbocycles. The van der Waals surface area contributed by atoms with Gasteiger partial charge in [0.2, 0.25) is 0 Å². The van der Waals surface area contributed by atoms with E-state index in [-0.39, 0.29) is 0 Å². The van der Waals surface area contributed by atoms with Crippen LogP contribution >= 0.6 is 23.2 Å². The van der Waals surface area contributed by atoms with Crippen LogP contribution in [0.1, 0.15) is 5.56 Å². The van der Waals surface area contributed by atoms with Gasteiger partial charge in [0.25, 0.3) is 0 Å². The fraction of sp³-hybridized carbons (Fsp3) is 0.333. The minimum Gasteiger partial charge on any atom is -0.405 e. The van der Waals surface area contributed by atoms with Gasteiger partial charge in [-0.15, -0.1) is 0 Å². The zero-order chi connectivity index (χ0) is 10.1. The maximum absolute atomic E-state index is 6.13. The summed E-state index contributed by atoms with van der Waals surface area (Å²) in [7, 11) is -0.408. The third kappa shape index (κ3) is 1.78. The molecule has 0 spiro atoms. The Morgan fingerprint density at radius 2 is 1.86 bits per heavy atom. The minimum absolute atomic E-state index is 0.408. The first kappa shape index (κ1) is 10.3. The predicted octanol–water partition coefficient (Wildman–Crippen LogP) is 2.04. The summed E-state index contributed by atoms with van der Waals surface area (Å²) in [5.74, 6) is 0. The van der Waals surface area contributed by atoms with Gasteiger partial charge in [0.1, 0.15) is 0 Å². The Hall–Kier alpha value is -0.215. The van der Waals surface area contributed by atoms with Crippen LogP contribution in [0, 0.1) is 6.92 Å². The third-order valence-electron chi connectivity index (χ3n) is 2.18. The van der Waals surface area contributed by atoms with Crippen LogP contribution in [0.15, 0.2) is 12.1 Å². The van der Waals surface area contributed by atoms with Crippen molar-refractivity contribution < 1.29 is 9.31 Å². The third-order valence-corrected chi connectivity index (χ3v) is 3.01. The SMILES string of the molecule is Cc1ccc(Cl)c(B2OCCO2)c1Cl. The molecule has 0 aromatic heterocycles. The lowest BCUT2D eigenvalue weighted by Crippen LogP contribution is -2.34. The van der Waals surface area contributed by atoms with Crippen molar-refractivity contribution in [3.05, 3.63) is 27.7 Å². The number of benzene rings is 1. The minimum atomic E-state index is -0.408. The van der Waals surface area contributed by atoms with Gasteiger partial charge in [0.05, 0.1) is 13.2 Å². The van der Waals surface area contributed by atoms with E-state index in [0.717, 1.165) is 11.0 Å². The molecular weight excluding hydrogens is 222 g/mol. The highest BCUT2D eigenvalue weighted by Crippen LogP contribution is 2.20. The summed E-state index contributed by atoms with van der Waals surface area (Å²) < 4.78 is 10.7. The summed E-state index contributed by atoms with van der Waals surface area (Å²) in [5.41, 5.74) is 1.72. The predicted molar refractivity (Wildman–Crippen MR) is 58.5 cm³/mol. The van der Waals surface area contributed by atoms with Crippen molar-refractivity contribution in [3.63, 3.8) is 0 Å². The van der Waals surface area contributed by atoms with Crippen molar-refractivity contribution in [2.75, 3.05) is 13.2 Å². The number of halogens is 2. The Balaban J connectivity index is 2.44. The van der Waals surface area contributed by atoms with Crippen LogP contribution in [-0.2, 0) is 9.31 Å². The van der Waals surface area contributed by atoms with E-state index in [1.807, 2.05) is 19.1 Å². The molecule has 0 radical (unpaired) electrons. The van der Waals surface area contributed by atoms with Crippen molar-refractivity contribution in [2.24, 2.45) is 0 Å². The molecule has 2 rings (SSSR count). The Kier molecular flexibility index (Phi) is 3.03. The van der Waals surface area contributed by atoms with Crippen molar-refractivity contribution in [3.8, 4) is 0 Å². The van der Waals surface area contributed by atoms with E-state index >= 15 is 0 Å². The van der Waals surface area contributed by atoms with Crippen LogP contribution in [-0.4, -0.2) is 20.3 Å². The summed E-state index contributed by atoms with van der Waals surface area (Å²) in [5, 5.41) is 1.22. The van der Waals surface area contributed by atoms with Crippen LogP contribution in [0.25, 0.3) is 0 Å². The summed E-state index contributed by atoms with van der Waals surface area (Å²) in [6.45, 7) is 3.10. The molecule has 0 unspecified atom stereocenters. The largest absolute Gasteiger partial charge is 0.497 e. The maximum atomic E-state index is 6.13. The van der Waals surface area contributed by atoms with Crippen molar-refractivity contribution in [2.45, 2.75) is 6.92 Å². The van der Waals surface area contributed by atoms with E-state index in [1.54, 1.807) is 0 Å². The smallest absolute Gasteiger partial charge is 0.405 e. The molecule has 0 atom stereocenters. The molecule has 0 bridgehead atoms. The Morgan fingerprint density at radius 3 is 2.50 bits per heavy atom. The van der Waals surface area contributed by atoms with Crippen LogP contribution in [0.3, 0.4) is 0 Å². The van der Waals surface area contributed by atoms with Gasteiger partial charge in [-0.05, 0) is 18.6 Å². The summed E-state index contributed by atoms with van der Waals surface area (Å²) >= 11 is 12.2. The van der Waals surface area contributed by atoms with E-state index in [0.29, 0.717) is 23.3 Å². The molecule has 1 fully saturated rings. The average molecular weight is 231 g/mol. The fourth-order valence-electron chi connectivity index (χ4n) is 1.42. The second kappa shape index (κ2) is 4.11. The number of hydrogen-bond acceptors (Lipinski definition) is 2. The van der Waals surface area contributed by atoms with Gasteiger partial charge in [-0.3, -0.25) is 0 Å². The van der Waals surface area contributed by atoms with Crippen molar-refractivity contribution >= 4 is 35.8 Å². The second-order valence-corrected chi connectivity index (χ2v) is 3.95. The van der Waals surface area contributed by atoms with E-state index in [2.05, 4.69) is 0 Å². The van der Waals surface area contributed by atoms with Gasteiger partial charge >= 0.3 is 7.12 Å². The molecule has 0 aliphatic carbocycles. The molecule has 1 heterocycles. The van der Waals surface area contributed by atoms with Crippen LogP contribution in [0.5, 0.6) is 0 Å². The zero-order valence-electron chi connectivity index (χ0n) is 7.72. The van der Waals surface area contributed by atoms with Gasteiger partial charge in [-0.25, -0.2) is 0 Å². The highest BCUT2D eigenvalue weighted by molar-refractivity contribution is 6.68. The second-order valence-electron chi connectivity index (χ2n) is 3.17. The maximum Gasteiger partial charge on any atom is 0.497 e. The zero-order valence-corrected chi connectivity index (χ0v) is 9.23. The van der Waals surface area contributed by atoms with E-state index in [1.165, 1.54) is 0 Å². The van der Waals surface area contributed by atoms with Crippen LogP contribution in [0.4, 0.5) is 0 Å². The summed E-state index contributed by atoms with van der Waals surface area (Å²) in [6, 6.07) is 3.69. The molecule has 0 amide bonds. The lowest BCUT2D eigenvalue weighted by Gasteiger charge is -2.10. The van der Waals surface area contributed by atoms with Crippen LogP contribution in [0.2, 0.25) is 10.0 Å². The molecule has 0 N–H and O–H groups in total. The Bertz CT molecular complexity index is 351. The molecule has 1 aliphatic heterocycles. The van der Waals surface area contributed by atoms with E-state index in [9.17, 15) is 0 Å². The van der Waals surface area contributed by atoms with Gasteiger partial charge in [0.15, 0.2) is 0 Å². The average Bonchev–Trinajstić information content (AvgIpc) is 2.65. The molecular formula is C9H9BCl2O2. The summed E-state index contributed by atoms with van der Waals surface area (Å²) in [6.07, 6.45) is 0. The first-order valence-corrected chi connectivity index (χ1v) is 5.13. The Morgan fingerprint density at radius 1 is 1.21 bits per heavy atom. The Labute approximate surface area is 93.2 Å². The molecule has 5 heteroatoms. The molecule has 14 heavy (non-hydrogen) atoms. The van der Waals surface area contributed by atoms with Gasteiger partial charge in [-0.1, -0.05) is 29.3 Å². The van der Waals surface area contributed by atoms with Gasteiger partial charge in [0, 0.05) is 15.5 Å². The molecule has 2 nitrogen and oxygen atoms in total. The van der Waals surface area contributed by atoms with E-state index in [4.69, 9.17) is 32.5 Å². The van der Waals surface area contributed by atoms with Crippen LogP contribution < -0.4 is 5.46 Å². The lowest BCUT2D eigenvalue weighted by atomic mass is 9.78. The lowest BCUT2D eigenvalue weighted by molar-refractivity contribution is 0.365. The number of aryl methyl sites for hydroxylation is 1. The fourth-order valence-corrected chi connectivity index (χ4v) is 1.97. The van der Waals surface area contributed by atoms with Crippen molar-refractivity contribution in [1.29, 1.82) is 0 Å². The molecule has 74 valence electrons. The first-order chi connectivity index (χ1) is 6.70. The monoisotopic (exact) mass is 230 g/mol. The molecule has 1 aromatic rings. The molecule has 1 saturated heterocycles. The molecule has 1 aromatic carbocycles. The highest BCUT2D eigenvalue weighted by Gasteiger charge is 2.31. The number of rotatable bonds is 1. The topological polar surface area (TPSA) is 18.5 Å². The summed E-state index contributed by atoms with van der Waals surface area (Å²) in [4.78, 5) is 0. The normalized spacial score (nSPS) is 16.4. The van der Waals surface area contributed by atoms with E-state index < -0.39 is 7.12 Å². The standard InChI is InChI=1S/C9H9BCl2O2/c1-6-2-3-7(11)8(9(6)12)10-13-4-5-14-10/h2-3H,4-5H2,1H3. The number of hydrogen-bond donors (Lipinski definition) is 0. The van der Waals surface area contributed by atoms with Gasteiger partial charge < -0.3 is 9.31 Å². The highest BCUT2D eigenvalue weighted by atomic mass is 35.5. The quantitative estimate of drug-likeness (QED) is 0.688. The first-order valence-electron chi connectivity index (χ1n) is 4.38. The molecule has 1 aliphatic rings. The van der Waals surface area contributed by atoms with Crippen molar-refractivity contribution in [1.82, 2.24) is 0 Å².